The number of allylic oxidation sites excluding steroid dienone is 3. The van der Waals surface area contributed by atoms with Gasteiger partial charge in [-0.1, -0.05) is 17.7 Å². The molecule has 1 atom stereocenters. The smallest absolute Gasteiger partial charge is 0.310 e. The van der Waals surface area contributed by atoms with Gasteiger partial charge in [0.1, 0.15) is 0 Å². The lowest BCUT2D eigenvalue weighted by atomic mass is 9.81. The Kier molecular flexibility index (Phi) is 2.11. The second kappa shape index (κ2) is 3.49. The van der Waals surface area contributed by atoms with Crippen LogP contribution < -0.4 is 10.9 Å². The Hall–Kier alpha value is -1.55. The molecule has 1 aliphatic heterocycles. The molecule has 2 aliphatic carbocycles. The maximum absolute atomic E-state index is 10.9. The van der Waals surface area contributed by atoms with Gasteiger partial charge >= 0.3 is 5.97 Å². The number of hydrazine groups is 1. The zero-order valence-electron chi connectivity index (χ0n) is 8.92. The van der Waals surface area contributed by atoms with Gasteiger partial charge in [-0.3, -0.25) is 4.79 Å². The number of carboxylic acid groups (broad SMARTS) is 1. The molecule has 4 heteroatoms. The Bertz CT molecular complexity index is 446. The normalized spacial score (nSPS) is 27.6. The van der Waals surface area contributed by atoms with Gasteiger partial charge in [0, 0.05) is 18.7 Å². The average molecular weight is 218 g/mol. The molecule has 0 saturated heterocycles. The molecule has 1 heterocycles. The van der Waals surface area contributed by atoms with Crippen LogP contribution in [0.4, 0.5) is 0 Å². The summed E-state index contributed by atoms with van der Waals surface area (Å²) >= 11 is 0. The molecule has 16 heavy (non-hydrogen) atoms. The van der Waals surface area contributed by atoms with Gasteiger partial charge in [-0.25, -0.2) is 5.43 Å². The summed E-state index contributed by atoms with van der Waals surface area (Å²) in [6.45, 7) is 0.883. The third-order valence-electron chi connectivity index (χ3n) is 3.53. The Morgan fingerprint density at radius 2 is 2.25 bits per heavy atom. The van der Waals surface area contributed by atoms with E-state index < -0.39 is 5.97 Å². The van der Waals surface area contributed by atoms with Crippen molar-refractivity contribution in [1.29, 1.82) is 0 Å². The SMILES string of the molecule is O=C(O)C1C=CC2=C(CC3=C(C2)NNC3)C1. The van der Waals surface area contributed by atoms with Gasteiger partial charge in [0.25, 0.3) is 0 Å². The fraction of sp³-hybridized carbons (Fsp3) is 0.417. The second-order valence-electron chi connectivity index (χ2n) is 4.55. The van der Waals surface area contributed by atoms with Gasteiger partial charge in [-0.15, -0.1) is 0 Å². The van der Waals surface area contributed by atoms with Gasteiger partial charge in [-0.2, -0.15) is 0 Å². The summed E-state index contributed by atoms with van der Waals surface area (Å²) in [5.74, 6) is -1.05. The van der Waals surface area contributed by atoms with Gasteiger partial charge in [0.2, 0.25) is 0 Å². The molecule has 0 fully saturated rings. The molecule has 0 aromatic rings. The van der Waals surface area contributed by atoms with Crippen molar-refractivity contribution in [2.75, 3.05) is 6.54 Å². The van der Waals surface area contributed by atoms with Crippen LogP contribution in [0.2, 0.25) is 0 Å². The van der Waals surface area contributed by atoms with E-state index >= 15 is 0 Å². The maximum Gasteiger partial charge on any atom is 0.310 e. The minimum atomic E-state index is -0.717. The van der Waals surface area contributed by atoms with Crippen LogP contribution in [0.25, 0.3) is 0 Å². The number of hydrogen-bond acceptors (Lipinski definition) is 3. The van der Waals surface area contributed by atoms with Crippen LogP contribution in [-0.4, -0.2) is 17.6 Å². The molecule has 1 unspecified atom stereocenters. The topological polar surface area (TPSA) is 61.4 Å². The van der Waals surface area contributed by atoms with Crippen molar-refractivity contribution in [2.45, 2.75) is 19.3 Å². The predicted octanol–water partition coefficient (Wildman–Crippen LogP) is 1.10. The van der Waals surface area contributed by atoms with Crippen molar-refractivity contribution >= 4 is 5.97 Å². The quantitative estimate of drug-likeness (QED) is 0.616. The summed E-state index contributed by atoms with van der Waals surface area (Å²) in [5, 5.41) is 9.01. The molecule has 0 aromatic heterocycles. The van der Waals surface area contributed by atoms with Crippen LogP contribution >= 0.6 is 0 Å². The van der Waals surface area contributed by atoms with E-state index in [0.717, 1.165) is 19.4 Å². The third kappa shape index (κ3) is 1.46. The standard InChI is InChI=1S/C12H14N2O2/c15-12(16)8-2-1-7-5-11-10(6-13-14-11)4-9(7)3-8/h1-2,8,13-14H,3-6H2,(H,15,16). The zero-order chi connectivity index (χ0) is 11.1. The molecule has 0 amide bonds. The Balaban J connectivity index is 1.82. The lowest BCUT2D eigenvalue weighted by molar-refractivity contribution is -0.140. The predicted molar refractivity (Wildman–Crippen MR) is 59.3 cm³/mol. The van der Waals surface area contributed by atoms with Gasteiger partial charge in [0.05, 0.1) is 5.92 Å². The first-order valence-corrected chi connectivity index (χ1v) is 5.55. The van der Waals surface area contributed by atoms with E-state index in [1.807, 2.05) is 12.2 Å². The van der Waals surface area contributed by atoms with Gasteiger partial charge < -0.3 is 10.5 Å². The van der Waals surface area contributed by atoms with Crippen LogP contribution in [0.5, 0.6) is 0 Å². The van der Waals surface area contributed by atoms with Crippen LogP contribution in [0.3, 0.4) is 0 Å². The second-order valence-corrected chi connectivity index (χ2v) is 4.55. The number of carbonyl (C=O) groups is 1. The first-order chi connectivity index (χ1) is 7.74. The number of carboxylic acids is 1. The van der Waals surface area contributed by atoms with E-state index in [-0.39, 0.29) is 5.92 Å². The molecular weight excluding hydrogens is 204 g/mol. The molecule has 3 N–H and O–H groups in total. The van der Waals surface area contributed by atoms with E-state index in [1.54, 1.807) is 0 Å². The minimum Gasteiger partial charge on any atom is -0.481 e. The summed E-state index contributed by atoms with van der Waals surface area (Å²) in [7, 11) is 0. The Labute approximate surface area is 93.7 Å². The van der Waals surface area contributed by atoms with Gasteiger partial charge in [-0.05, 0) is 24.0 Å². The Morgan fingerprint density at radius 3 is 3.06 bits per heavy atom. The number of aliphatic carboxylic acids is 1. The van der Waals surface area contributed by atoms with Crippen LogP contribution in [-0.2, 0) is 4.79 Å². The highest BCUT2D eigenvalue weighted by Gasteiger charge is 2.28. The fourth-order valence-electron chi connectivity index (χ4n) is 2.59. The van der Waals surface area contributed by atoms with E-state index in [1.165, 1.54) is 22.4 Å². The van der Waals surface area contributed by atoms with Crippen LogP contribution in [0, 0.1) is 5.92 Å². The molecule has 0 aromatic carbocycles. The summed E-state index contributed by atoms with van der Waals surface area (Å²) < 4.78 is 0. The maximum atomic E-state index is 10.9. The lowest BCUT2D eigenvalue weighted by Gasteiger charge is -2.25. The molecule has 0 radical (unpaired) electrons. The average Bonchev–Trinajstić information content (AvgIpc) is 2.71. The molecular formula is C12H14N2O2. The fourth-order valence-corrected chi connectivity index (χ4v) is 2.59. The largest absolute Gasteiger partial charge is 0.481 e. The molecule has 0 saturated carbocycles. The van der Waals surface area contributed by atoms with Crippen molar-refractivity contribution in [3.63, 3.8) is 0 Å². The molecule has 3 rings (SSSR count). The third-order valence-corrected chi connectivity index (χ3v) is 3.53. The molecule has 0 spiro atoms. The van der Waals surface area contributed by atoms with Gasteiger partial charge in [0.15, 0.2) is 0 Å². The monoisotopic (exact) mass is 218 g/mol. The molecule has 3 aliphatic rings. The van der Waals surface area contributed by atoms with Crippen molar-refractivity contribution in [2.24, 2.45) is 5.92 Å². The first-order valence-electron chi connectivity index (χ1n) is 5.55. The van der Waals surface area contributed by atoms with Crippen molar-refractivity contribution < 1.29 is 9.90 Å². The molecule has 4 nitrogen and oxygen atoms in total. The van der Waals surface area contributed by atoms with E-state index in [2.05, 4.69) is 10.9 Å². The highest BCUT2D eigenvalue weighted by Crippen LogP contribution is 2.37. The van der Waals surface area contributed by atoms with E-state index in [0.29, 0.717) is 6.42 Å². The highest BCUT2D eigenvalue weighted by atomic mass is 16.4. The molecule has 0 bridgehead atoms. The first kappa shape index (κ1) is 9.66. The Morgan fingerprint density at radius 1 is 1.38 bits per heavy atom. The van der Waals surface area contributed by atoms with Crippen LogP contribution in [0.1, 0.15) is 19.3 Å². The minimum absolute atomic E-state index is 0.330. The number of nitrogens with one attached hydrogen (secondary N) is 2. The zero-order valence-corrected chi connectivity index (χ0v) is 8.92. The summed E-state index contributed by atoms with van der Waals surface area (Å²) in [6.07, 6.45) is 6.33. The van der Waals surface area contributed by atoms with Crippen molar-refractivity contribution in [3.05, 3.63) is 34.6 Å². The molecule has 84 valence electrons. The summed E-state index contributed by atoms with van der Waals surface area (Å²) in [5.41, 5.74) is 11.6. The summed E-state index contributed by atoms with van der Waals surface area (Å²) in [6, 6.07) is 0. The van der Waals surface area contributed by atoms with E-state index in [4.69, 9.17) is 5.11 Å². The van der Waals surface area contributed by atoms with Crippen molar-refractivity contribution in [3.8, 4) is 0 Å². The summed E-state index contributed by atoms with van der Waals surface area (Å²) in [4.78, 5) is 10.9. The lowest BCUT2D eigenvalue weighted by Crippen LogP contribution is -2.24. The van der Waals surface area contributed by atoms with E-state index in [9.17, 15) is 4.79 Å². The number of hydrogen-bond donors (Lipinski definition) is 3. The van der Waals surface area contributed by atoms with Crippen molar-refractivity contribution in [1.82, 2.24) is 10.9 Å². The van der Waals surface area contributed by atoms with Crippen LogP contribution in [0.15, 0.2) is 34.6 Å². The number of rotatable bonds is 1. The highest BCUT2D eigenvalue weighted by molar-refractivity contribution is 5.73.